The number of nitrogens with zero attached hydrogens (tertiary/aromatic N) is 4. The van der Waals surface area contributed by atoms with Crippen molar-refractivity contribution in [1.29, 1.82) is 0 Å². The average Bonchev–Trinajstić information content (AvgIpc) is 3.62. The number of imidazole rings is 1. The highest BCUT2D eigenvalue weighted by atomic mass is 28.3. The van der Waals surface area contributed by atoms with Crippen LogP contribution in [0.1, 0.15) is 11.1 Å². The van der Waals surface area contributed by atoms with Crippen LogP contribution in [0.25, 0.3) is 28.3 Å². The number of aromatic nitrogens is 4. The summed E-state index contributed by atoms with van der Waals surface area (Å²) in [6, 6.07) is 32.0. The molecule has 0 atom stereocenters. The molecule has 0 saturated heterocycles. The summed E-state index contributed by atoms with van der Waals surface area (Å²) in [5.41, 5.74) is 6.78. The molecule has 0 amide bonds. The molecule has 194 valence electrons. The van der Waals surface area contributed by atoms with E-state index < -0.39 is 8.07 Å². The van der Waals surface area contributed by atoms with Crippen molar-refractivity contribution in [3.63, 3.8) is 0 Å². The maximum absolute atomic E-state index is 6.73. The van der Waals surface area contributed by atoms with Gasteiger partial charge < -0.3 is 4.74 Å². The molecule has 0 saturated carbocycles. The number of pyridine rings is 2. The zero-order valence-electron chi connectivity index (χ0n) is 22.5. The van der Waals surface area contributed by atoms with Crippen LogP contribution in [0.3, 0.4) is 0 Å². The van der Waals surface area contributed by atoms with Crippen molar-refractivity contribution in [2.45, 2.75) is 13.8 Å². The minimum atomic E-state index is -2.48. The summed E-state index contributed by atoms with van der Waals surface area (Å²) >= 11 is 0. The van der Waals surface area contributed by atoms with Crippen LogP contribution in [0.15, 0.2) is 122 Å². The molecule has 6 heteroatoms. The van der Waals surface area contributed by atoms with Crippen molar-refractivity contribution < 1.29 is 4.74 Å². The van der Waals surface area contributed by atoms with Gasteiger partial charge in [0, 0.05) is 36.0 Å². The molecule has 1 aliphatic rings. The Hall–Kier alpha value is -4.81. The third-order valence-corrected chi connectivity index (χ3v) is 12.5. The molecule has 0 unspecified atom stereocenters. The minimum absolute atomic E-state index is 0.614. The summed E-state index contributed by atoms with van der Waals surface area (Å²) in [5, 5.41) is 3.79. The van der Waals surface area contributed by atoms with Gasteiger partial charge in [0.2, 0.25) is 0 Å². The van der Waals surface area contributed by atoms with E-state index in [1.165, 1.54) is 32.3 Å². The Kier molecular flexibility index (Phi) is 5.90. The summed E-state index contributed by atoms with van der Waals surface area (Å²) in [6.45, 7) is 4.33. The maximum Gasteiger partial charge on any atom is 0.194 e. The average molecular weight is 537 g/mol. The van der Waals surface area contributed by atoms with Gasteiger partial charge in [-0.2, -0.15) is 0 Å². The van der Waals surface area contributed by atoms with Crippen LogP contribution in [0.4, 0.5) is 0 Å². The van der Waals surface area contributed by atoms with E-state index in [-0.39, 0.29) is 0 Å². The monoisotopic (exact) mass is 536 g/mol. The SMILES string of the molecule is Cc1cccc(C)c1-c1cnc(-c2cccc3c2OC[Si]3(c2ccncc2)c2ccncc2)n1-c1ccccc1. The molecule has 0 N–H and O–H groups in total. The van der Waals surface area contributed by atoms with E-state index in [9.17, 15) is 0 Å². The highest BCUT2D eigenvalue weighted by Gasteiger charge is 2.48. The lowest BCUT2D eigenvalue weighted by Crippen LogP contribution is -2.67. The molecule has 0 radical (unpaired) electrons. The number of fused-ring (bicyclic) bond motifs is 1. The van der Waals surface area contributed by atoms with E-state index in [1.807, 2.05) is 37.1 Å². The van der Waals surface area contributed by atoms with E-state index in [1.54, 1.807) is 0 Å². The van der Waals surface area contributed by atoms with E-state index in [2.05, 4.69) is 113 Å². The fourth-order valence-electron chi connectivity index (χ4n) is 6.16. The van der Waals surface area contributed by atoms with E-state index in [4.69, 9.17) is 9.72 Å². The van der Waals surface area contributed by atoms with Crippen molar-refractivity contribution in [2.24, 2.45) is 0 Å². The highest BCUT2D eigenvalue weighted by molar-refractivity contribution is 7.12. The van der Waals surface area contributed by atoms with E-state index in [0.717, 1.165) is 28.5 Å². The molecular weight excluding hydrogens is 508 g/mol. The van der Waals surface area contributed by atoms with Crippen LogP contribution < -0.4 is 20.3 Å². The van der Waals surface area contributed by atoms with Crippen LogP contribution in [-0.4, -0.2) is 33.8 Å². The number of rotatable bonds is 5. The zero-order valence-corrected chi connectivity index (χ0v) is 23.5. The third kappa shape index (κ3) is 3.72. The number of para-hydroxylation sites is 2. The standard InChI is InChI=1S/C34H28N4OSi/c1-24-8-6-9-25(2)32(24)30-22-37-34(38(30)26-10-4-3-5-11-26)29-12-7-13-31-33(29)39-23-40(31,27-14-18-35-19-15-27)28-16-20-36-21-17-28/h3-22H,23H2,1-2H3. The molecule has 3 aromatic carbocycles. The van der Waals surface area contributed by atoms with Crippen LogP contribution in [0, 0.1) is 13.8 Å². The van der Waals surface area contributed by atoms with E-state index in [0.29, 0.717) is 6.23 Å². The number of benzene rings is 3. The van der Waals surface area contributed by atoms with Gasteiger partial charge in [0.15, 0.2) is 8.07 Å². The third-order valence-electron chi connectivity index (χ3n) is 8.01. The van der Waals surface area contributed by atoms with Gasteiger partial charge in [-0.15, -0.1) is 0 Å². The van der Waals surface area contributed by atoms with Crippen molar-refractivity contribution in [2.75, 3.05) is 6.23 Å². The van der Waals surface area contributed by atoms with Gasteiger partial charge in [0.1, 0.15) is 11.6 Å². The molecule has 0 bridgehead atoms. The molecule has 6 aromatic rings. The lowest BCUT2D eigenvalue weighted by Gasteiger charge is -2.26. The van der Waals surface area contributed by atoms with Gasteiger partial charge in [-0.3, -0.25) is 14.5 Å². The second kappa shape index (κ2) is 9.74. The minimum Gasteiger partial charge on any atom is -0.495 e. The van der Waals surface area contributed by atoms with Crippen molar-refractivity contribution in [1.82, 2.24) is 19.5 Å². The molecule has 5 nitrogen and oxygen atoms in total. The first-order valence-corrected chi connectivity index (χ1v) is 15.7. The Morgan fingerprint density at radius 2 is 1.32 bits per heavy atom. The normalized spacial score (nSPS) is 13.6. The predicted molar refractivity (Wildman–Crippen MR) is 163 cm³/mol. The van der Waals surface area contributed by atoms with Gasteiger partial charge in [0.25, 0.3) is 0 Å². The fourth-order valence-corrected chi connectivity index (χ4v) is 10.4. The van der Waals surface area contributed by atoms with Gasteiger partial charge in [-0.25, -0.2) is 4.98 Å². The first kappa shape index (κ1) is 24.2. The number of hydrogen-bond donors (Lipinski definition) is 0. The first-order chi connectivity index (χ1) is 19.7. The lowest BCUT2D eigenvalue weighted by atomic mass is 10.00. The smallest absolute Gasteiger partial charge is 0.194 e. The summed E-state index contributed by atoms with van der Waals surface area (Å²) in [4.78, 5) is 13.7. The molecule has 4 heterocycles. The molecule has 0 fully saturated rings. The fraction of sp³-hybridized carbons (Fsp3) is 0.0882. The molecule has 3 aromatic heterocycles. The molecule has 7 rings (SSSR count). The summed E-state index contributed by atoms with van der Waals surface area (Å²) in [5.74, 6) is 1.79. The van der Waals surface area contributed by atoms with Gasteiger partial charge in [-0.1, -0.05) is 48.5 Å². The predicted octanol–water partition coefficient (Wildman–Crippen LogP) is 5.01. The molecular formula is C34H28N4OSi. The van der Waals surface area contributed by atoms with Gasteiger partial charge in [0.05, 0.1) is 23.7 Å². The zero-order chi connectivity index (χ0) is 27.1. The van der Waals surface area contributed by atoms with Crippen molar-refractivity contribution in [3.8, 4) is 34.1 Å². The van der Waals surface area contributed by atoms with Crippen LogP contribution in [0.2, 0.25) is 0 Å². The number of hydrogen-bond acceptors (Lipinski definition) is 4. The summed E-state index contributed by atoms with van der Waals surface area (Å²) in [6.07, 6.45) is 10.1. The lowest BCUT2D eigenvalue weighted by molar-refractivity contribution is 0.398. The highest BCUT2D eigenvalue weighted by Crippen LogP contribution is 2.38. The van der Waals surface area contributed by atoms with Crippen LogP contribution in [0.5, 0.6) is 5.75 Å². The van der Waals surface area contributed by atoms with Crippen LogP contribution in [-0.2, 0) is 0 Å². The molecule has 0 spiro atoms. The second-order valence-electron chi connectivity index (χ2n) is 10.3. The Balaban J connectivity index is 1.49. The van der Waals surface area contributed by atoms with Crippen molar-refractivity contribution in [3.05, 3.63) is 133 Å². The Bertz CT molecular complexity index is 1760. The van der Waals surface area contributed by atoms with Crippen LogP contribution >= 0.6 is 0 Å². The summed E-state index contributed by atoms with van der Waals surface area (Å²) < 4.78 is 9.00. The van der Waals surface area contributed by atoms with Gasteiger partial charge >= 0.3 is 0 Å². The Morgan fingerprint density at radius 3 is 1.98 bits per heavy atom. The van der Waals surface area contributed by atoms with Crippen molar-refractivity contribution >= 4 is 23.6 Å². The Labute approximate surface area is 234 Å². The number of ether oxygens (including phenoxy) is 1. The number of aryl methyl sites for hydroxylation is 2. The quantitative estimate of drug-likeness (QED) is 0.291. The molecule has 1 aliphatic heterocycles. The molecule has 0 aliphatic carbocycles. The largest absolute Gasteiger partial charge is 0.495 e. The second-order valence-corrected chi connectivity index (χ2v) is 14.0. The molecule has 40 heavy (non-hydrogen) atoms. The Morgan fingerprint density at radius 1 is 0.700 bits per heavy atom. The van der Waals surface area contributed by atoms with E-state index >= 15 is 0 Å². The summed E-state index contributed by atoms with van der Waals surface area (Å²) in [7, 11) is -2.48. The topological polar surface area (TPSA) is 52.8 Å². The first-order valence-electron chi connectivity index (χ1n) is 13.5. The maximum atomic E-state index is 6.73. The van der Waals surface area contributed by atoms with Gasteiger partial charge in [-0.05, 0) is 83.0 Å².